The van der Waals surface area contributed by atoms with Crippen molar-refractivity contribution < 1.29 is 4.79 Å². The number of hydrogen-bond donors (Lipinski definition) is 1. The van der Waals surface area contributed by atoms with Gasteiger partial charge in [0.25, 0.3) is 11.5 Å². The molecule has 0 aliphatic carbocycles. The molecule has 2 aromatic carbocycles. The zero-order chi connectivity index (χ0) is 20.2. The second kappa shape index (κ2) is 7.85. The summed E-state index contributed by atoms with van der Waals surface area (Å²) >= 11 is 0. The van der Waals surface area contributed by atoms with Crippen molar-refractivity contribution in [1.29, 1.82) is 0 Å². The van der Waals surface area contributed by atoms with Gasteiger partial charge in [0.15, 0.2) is 0 Å². The van der Waals surface area contributed by atoms with E-state index in [1.165, 1.54) is 23.1 Å². The maximum absolute atomic E-state index is 12.6. The van der Waals surface area contributed by atoms with Gasteiger partial charge in [-0.15, -0.1) is 5.10 Å². The standard InChI is InChI=1S/C20H17N7O2/c1-14-11-16(7-9-18(14)27-13-21-24-25-27)22-20(29)17-8-10-19(28)26(23-17)12-15-5-3-2-4-6-15/h2-11,13H,12H2,1H3,(H,22,29). The molecule has 1 amide bonds. The van der Waals surface area contributed by atoms with Gasteiger partial charge < -0.3 is 5.32 Å². The molecule has 2 heterocycles. The third kappa shape index (κ3) is 4.08. The van der Waals surface area contributed by atoms with E-state index in [0.29, 0.717) is 12.2 Å². The smallest absolute Gasteiger partial charge is 0.276 e. The first-order valence-corrected chi connectivity index (χ1v) is 8.87. The van der Waals surface area contributed by atoms with Crippen LogP contribution in [0.2, 0.25) is 0 Å². The molecule has 2 aromatic heterocycles. The predicted octanol–water partition coefficient (Wildman–Crippen LogP) is 1.83. The summed E-state index contributed by atoms with van der Waals surface area (Å²) in [4.78, 5) is 24.7. The summed E-state index contributed by atoms with van der Waals surface area (Å²) in [5.74, 6) is -0.401. The third-order valence-corrected chi connectivity index (χ3v) is 4.32. The van der Waals surface area contributed by atoms with Crippen LogP contribution in [-0.4, -0.2) is 35.9 Å². The van der Waals surface area contributed by atoms with Crippen molar-refractivity contribution in [2.45, 2.75) is 13.5 Å². The van der Waals surface area contributed by atoms with Crippen molar-refractivity contribution >= 4 is 11.6 Å². The minimum Gasteiger partial charge on any atom is -0.321 e. The first kappa shape index (κ1) is 18.2. The van der Waals surface area contributed by atoms with E-state index in [1.807, 2.05) is 49.4 Å². The van der Waals surface area contributed by atoms with Gasteiger partial charge in [-0.25, -0.2) is 9.36 Å². The normalized spacial score (nSPS) is 10.7. The van der Waals surface area contributed by atoms with Crippen molar-refractivity contribution in [3.8, 4) is 5.69 Å². The van der Waals surface area contributed by atoms with Crippen LogP contribution in [0.3, 0.4) is 0 Å². The first-order valence-electron chi connectivity index (χ1n) is 8.87. The number of anilines is 1. The molecule has 9 nitrogen and oxygen atoms in total. The van der Waals surface area contributed by atoms with Gasteiger partial charge in [0, 0.05) is 11.8 Å². The molecule has 29 heavy (non-hydrogen) atoms. The maximum Gasteiger partial charge on any atom is 0.276 e. The van der Waals surface area contributed by atoms with Gasteiger partial charge >= 0.3 is 0 Å². The van der Waals surface area contributed by atoms with Crippen LogP contribution in [0.25, 0.3) is 5.69 Å². The van der Waals surface area contributed by atoms with Crippen LogP contribution in [0.15, 0.2) is 71.8 Å². The minimum atomic E-state index is -0.401. The summed E-state index contributed by atoms with van der Waals surface area (Å²) in [6, 6.07) is 17.6. The summed E-state index contributed by atoms with van der Waals surface area (Å²) in [5.41, 5.74) is 3.11. The molecule has 0 unspecified atom stereocenters. The Bertz CT molecular complexity index is 1200. The molecule has 0 spiro atoms. The molecule has 4 aromatic rings. The average Bonchev–Trinajstić information content (AvgIpc) is 3.25. The van der Waals surface area contributed by atoms with Crippen LogP contribution in [0.1, 0.15) is 21.6 Å². The number of aromatic nitrogens is 6. The zero-order valence-corrected chi connectivity index (χ0v) is 15.6. The van der Waals surface area contributed by atoms with Crippen LogP contribution in [0.4, 0.5) is 5.69 Å². The van der Waals surface area contributed by atoms with Gasteiger partial charge in [-0.05, 0) is 52.7 Å². The zero-order valence-electron chi connectivity index (χ0n) is 15.6. The molecule has 4 rings (SSSR count). The fraction of sp³-hybridized carbons (Fsp3) is 0.100. The van der Waals surface area contributed by atoms with Crippen LogP contribution in [0, 0.1) is 6.92 Å². The largest absolute Gasteiger partial charge is 0.321 e. The molecular weight excluding hydrogens is 370 g/mol. The quantitative estimate of drug-likeness (QED) is 0.560. The van der Waals surface area contributed by atoms with Crippen LogP contribution < -0.4 is 10.9 Å². The summed E-state index contributed by atoms with van der Waals surface area (Å²) in [6.07, 6.45) is 1.50. The summed E-state index contributed by atoms with van der Waals surface area (Å²) in [6.45, 7) is 2.19. The lowest BCUT2D eigenvalue weighted by atomic mass is 10.1. The van der Waals surface area contributed by atoms with Gasteiger partial charge in [-0.1, -0.05) is 30.3 Å². The van der Waals surface area contributed by atoms with E-state index in [-0.39, 0.29) is 11.3 Å². The predicted molar refractivity (Wildman–Crippen MR) is 106 cm³/mol. The lowest BCUT2D eigenvalue weighted by Gasteiger charge is -2.10. The van der Waals surface area contributed by atoms with Gasteiger partial charge in [0.05, 0.1) is 12.2 Å². The molecule has 0 bridgehead atoms. The van der Waals surface area contributed by atoms with Gasteiger partial charge in [0.2, 0.25) is 0 Å². The van der Waals surface area contributed by atoms with Crippen molar-refractivity contribution in [3.05, 3.63) is 94.2 Å². The second-order valence-electron chi connectivity index (χ2n) is 6.41. The molecule has 144 valence electrons. The van der Waals surface area contributed by atoms with E-state index in [4.69, 9.17) is 0 Å². The van der Waals surface area contributed by atoms with E-state index in [1.54, 1.807) is 10.7 Å². The fourth-order valence-electron chi connectivity index (χ4n) is 2.90. The summed E-state index contributed by atoms with van der Waals surface area (Å²) < 4.78 is 2.82. The van der Waals surface area contributed by atoms with Crippen LogP contribution in [-0.2, 0) is 6.54 Å². The molecule has 0 saturated carbocycles. The number of amides is 1. The molecule has 9 heteroatoms. The molecule has 0 atom stereocenters. The molecule has 0 fully saturated rings. The average molecular weight is 387 g/mol. The molecule has 0 aliphatic rings. The number of benzene rings is 2. The highest BCUT2D eigenvalue weighted by Crippen LogP contribution is 2.18. The number of aryl methyl sites for hydroxylation is 1. The van der Waals surface area contributed by atoms with Crippen LogP contribution in [0.5, 0.6) is 0 Å². The molecular formula is C20H17N7O2. The lowest BCUT2D eigenvalue weighted by molar-refractivity contribution is 0.102. The van der Waals surface area contributed by atoms with Crippen molar-refractivity contribution in [2.75, 3.05) is 5.32 Å². The fourth-order valence-corrected chi connectivity index (χ4v) is 2.90. The Balaban J connectivity index is 1.53. The topological polar surface area (TPSA) is 108 Å². The highest BCUT2D eigenvalue weighted by molar-refractivity contribution is 6.02. The van der Waals surface area contributed by atoms with Gasteiger partial charge in [-0.2, -0.15) is 5.10 Å². The Labute approximate surface area is 165 Å². The second-order valence-corrected chi connectivity index (χ2v) is 6.41. The van der Waals surface area contributed by atoms with Gasteiger partial charge in [0.1, 0.15) is 12.0 Å². The Morgan fingerprint density at radius 2 is 1.90 bits per heavy atom. The summed E-state index contributed by atoms with van der Waals surface area (Å²) in [7, 11) is 0. The van der Waals surface area contributed by atoms with E-state index >= 15 is 0 Å². The Morgan fingerprint density at radius 1 is 1.07 bits per heavy atom. The summed E-state index contributed by atoms with van der Waals surface area (Å²) in [5, 5.41) is 18.1. The SMILES string of the molecule is Cc1cc(NC(=O)c2ccc(=O)n(Cc3ccccc3)n2)ccc1-n1cnnn1. The van der Waals surface area contributed by atoms with Crippen molar-refractivity contribution in [3.63, 3.8) is 0 Å². The molecule has 1 N–H and O–H groups in total. The maximum atomic E-state index is 12.6. The van der Waals surface area contributed by atoms with Crippen LogP contribution >= 0.6 is 0 Å². The number of rotatable bonds is 5. The molecule has 0 radical (unpaired) electrons. The lowest BCUT2D eigenvalue weighted by Crippen LogP contribution is -2.26. The number of carbonyl (C=O) groups excluding carboxylic acids is 1. The van der Waals surface area contributed by atoms with Crippen molar-refractivity contribution in [2.24, 2.45) is 0 Å². The Kier molecular flexibility index (Phi) is 4.93. The first-order chi connectivity index (χ1) is 14.1. The molecule has 0 aliphatic heterocycles. The van der Waals surface area contributed by atoms with E-state index < -0.39 is 5.91 Å². The number of nitrogens with one attached hydrogen (secondary N) is 1. The number of carbonyl (C=O) groups is 1. The monoisotopic (exact) mass is 387 g/mol. The minimum absolute atomic E-state index is 0.155. The Morgan fingerprint density at radius 3 is 2.62 bits per heavy atom. The van der Waals surface area contributed by atoms with E-state index in [9.17, 15) is 9.59 Å². The number of tetrazole rings is 1. The Hall–Kier alpha value is -4.14. The van der Waals surface area contributed by atoms with Crippen molar-refractivity contribution in [1.82, 2.24) is 30.0 Å². The highest BCUT2D eigenvalue weighted by Gasteiger charge is 2.12. The highest BCUT2D eigenvalue weighted by atomic mass is 16.2. The van der Waals surface area contributed by atoms with E-state index in [0.717, 1.165) is 16.8 Å². The number of nitrogens with zero attached hydrogens (tertiary/aromatic N) is 6. The molecule has 0 saturated heterocycles. The van der Waals surface area contributed by atoms with E-state index in [2.05, 4.69) is 25.9 Å². The third-order valence-electron chi connectivity index (χ3n) is 4.32. The number of hydrogen-bond acceptors (Lipinski definition) is 6. The van der Waals surface area contributed by atoms with Gasteiger partial charge in [-0.3, -0.25) is 9.59 Å².